The van der Waals surface area contributed by atoms with Crippen molar-refractivity contribution in [3.8, 4) is 11.1 Å². The molecule has 0 heterocycles. The minimum atomic E-state index is -0.785. The first kappa shape index (κ1) is 18.5. The van der Waals surface area contributed by atoms with Gasteiger partial charge in [-0.2, -0.15) is 0 Å². The van der Waals surface area contributed by atoms with Crippen molar-refractivity contribution >= 4 is 12.1 Å². The summed E-state index contributed by atoms with van der Waals surface area (Å²) in [5, 5.41) is 11.9. The molecular formula is C23H25NO4. The van der Waals surface area contributed by atoms with Gasteiger partial charge in [0.05, 0.1) is 0 Å². The monoisotopic (exact) mass is 379 g/mol. The molecule has 5 nitrogen and oxygen atoms in total. The maximum absolute atomic E-state index is 12.4. The summed E-state index contributed by atoms with van der Waals surface area (Å²) < 4.78 is 5.61. The lowest BCUT2D eigenvalue weighted by Crippen LogP contribution is -2.38. The predicted octanol–water partition coefficient (Wildman–Crippen LogP) is 4.56. The number of carboxylic acid groups (broad SMARTS) is 1. The Morgan fingerprint density at radius 2 is 1.64 bits per heavy atom. The highest BCUT2D eigenvalue weighted by atomic mass is 16.5. The fourth-order valence-corrected chi connectivity index (χ4v) is 4.67. The van der Waals surface area contributed by atoms with Crippen molar-refractivity contribution in [1.82, 2.24) is 5.32 Å². The standard InChI is InChI=1S/C23H25NO4/c25-22(26)13-12-15-6-5-11-21(15)24-23(27)28-14-20-18-9-3-1-7-16(18)17-8-2-4-10-19(17)20/h1-4,7-10,15,20-21H,5-6,11-14H2,(H,24,27)(H,25,26)/t15-,21+/m1/s1. The van der Waals surface area contributed by atoms with Crippen molar-refractivity contribution < 1.29 is 19.4 Å². The molecule has 0 aromatic heterocycles. The van der Waals surface area contributed by atoms with Gasteiger partial charge in [-0.15, -0.1) is 0 Å². The lowest BCUT2D eigenvalue weighted by molar-refractivity contribution is -0.137. The third-order valence-corrected chi connectivity index (χ3v) is 6.03. The van der Waals surface area contributed by atoms with Crippen LogP contribution in [0.15, 0.2) is 48.5 Å². The van der Waals surface area contributed by atoms with Gasteiger partial charge in [-0.3, -0.25) is 4.79 Å². The van der Waals surface area contributed by atoms with Gasteiger partial charge in [0, 0.05) is 18.4 Å². The molecule has 2 atom stereocenters. The molecule has 0 spiro atoms. The summed E-state index contributed by atoms with van der Waals surface area (Å²) in [5.74, 6) is -0.520. The van der Waals surface area contributed by atoms with Crippen molar-refractivity contribution in [2.24, 2.45) is 5.92 Å². The summed E-state index contributed by atoms with van der Waals surface area (Å²) in [5.41, 5.74) is 4.79. The van der Waals surface area contributed by atoms with Crippen molar-refractivity contribution in [3.05, 3.63) is 59.7 Å². The molecule has 0 saturated heterocycles. The highest BCUT2D eigenvalue weighted by Gasteiger charge is 2.31. The van der Waals surface area contributed by atoms with Crippen LogP contribution in [0.4, 0.5) is 4.79 Å². The number of aliphatic carboxylic acids is 1. The molecule has 0 radical (unpaired) electrons. The number of ether oxygens (including phenoxy) is 1. The van der Waals surface area contributed by atoms with Crippen LogP contribution in [0, 0.1) is 5.92 Å². The van der Waals surface area contributed by atoms with Gasteiger partial charge in [-0.1, -0.05) is 55.0 Å². The van der Waals surface area contributed by atoms with E-state index in [9.17, 15) is 9.59 Å². The normalized spacial score (nSPS) is 20.4. The van der Waals surface area contributed by atoms with Crippen LogP contribution in [0.3, 0.4) is 0 Å². The molecule has 1 fully saturated rings. The number of amides is 1. The van der Waals surface area contributed by atoms with Crippen LogP contribution >= 0.6 is 0 Å². The number of hydrogen-bond acceptors (Lipinski definition) is 3. The highest BCUT2D eigenvalue weighted by Crippen LogP contribution is 2.44. The minimum absolute atomic E-state index is 0.00926. The number of carbonyl (C=O) groups is 2. The van der Waals surface area contributed by atoms with Gasteiger partial charge in [0.15, 0.2) is 0 Å². The predicted molar refractivity (Wildman–Crippen MR) is 106 cm³/mol. The van der Waals surface area contributed by atoms with Crippen LogP contribution in [0.5, 0.6) is 0 Å². The molecule has 2 N–H and O–H groups in total. The van der Waals surface area contributed by atoms with E-state index in [-0.39, 0.29) is 24.3 Å². The molecule has 1 saturated carbocycles. The number of nitrogens with one attached hydrogen (secondary N) is 1. The summed E-state index contributed by atoms with van der Waals surface area (Å²) in [6.45, 7) is 0.298. The third kappa shape index (κ3) is 3.75. The molecule has 28 heavy (non-hydrogen) atoms. The average molecular weight is 379 g/mol. The number of alkyl carbamates (subject to hydrolysis) is 1. The number of benzene rings is 2. The van der Waals surface area contributed by atoms with E-state index in [4.69, 9.17) is 9.84 Å². The Morgan fingerprint density at radius 3 is 2.29 bits per heavy atom. The van der Waals surface area contributed by atoms with Gasteiger partial charge in [0.1, 0.15) is 6.61 Å². The highest BCUT2D eigenvalue weighted by molar-refractivity contribution is 5.79. The zero-order valence-corrected chi connectivity index (χ0v) is 15.8. The Bertz CT molecular complexity index is 833. The minimum Gasteiger partial charge on any atom is -0.481 e. The number of rotatable bonds is 6. The first-order chi connectivity index (χ1) is 13.6. The smallest absolute Gasteiger partial charge is 0.407 e. The van der Waals surface area contributed by atoms with E-state index in [1.165, 1.54) is 22.3 Å². The Morgan fingerprint density at radius 1 is 1.00 bits per heavy atom. The lowest BCUT2D eigenvalue weighted by atomic mass is 9.97. The lowest BCUT2D eigenvalue weighted by Gasteiger charge is -2.21. The molecule has 4 rings (SSSR count). The van der Waals surface area contributed by atoms with E-state index < -0.39 is 12.1 Å². The molecule has 2 aliphatic carbocycles. The molecule has 0 bridgehead atoms. The van der Waals surface area contributed by atoms with Crippen molar-refractivity contribution in [2.75, 3.05) is 6.61 Å². The Labute approximate surface area is 164 Å². The second-order valence-electron chi connectivity index (χ2n) is 7.70. The van der Waals surface area contributed by atoms with Gasteiger partial charge in [0.25, 0.3) is 0 Å². The number of carboxylic acids is 1. The zero-order chi connectivity index (χ0) is 19.5. The summed E-state index contributed by atoms with van der Waals surface area (Å²) in [7, 11) is 0. The van der Waals surface area contributed by atoms with Crippen LogP contribution in [-0.4, -0.2) is 29.8 Å². The first-order valence-electron chi connectivity index (χ1n) is 9.97. The SMILES string of the molecule is O=C(O)CC[C@H]1CCC[C@@H]1NC(=O)OCC1c2ccccc2-c2ccccc21. The topological polar surface area (TPSA) is 75.6 Å². The van der Waals surface area contributed by atoms with Gasteiger partial charge >= 0.3 is 12.1 Å². The quantitative estimate of drug-likeness (QED) is 0.771. The number of fused-ring (bicyclic) bond motifs is 3. The molecule has 0 aliphatic heterocycles. The third-order valence-electron chi connectivity index (χ3n) is 6.03. The van der Waals surface area contributed by atoms with E-state index in [1.54, 1.807) is 0 Å². The second kappa shape index (κ2) is 8.05. The number of hydrogen-bond donors (Lipinski definition) is 2. The first-order valence-corrected chi connectivity index (χ1v) is 9.97. The van der Waals surface area contributed by atoms with E-state index >= 15 is 0 Å². The second-order valence-corrected chi connectivity index (χ2v) is 7.70. The van der Waals surface area contributed by atoms with Crippen LogP contribution in [-0.2, 0) is 9.53 Å². The molecule has 5 heteroatoms. The largest absolute Gasteiger partial charge is 0.481 e. The van der Waals surface area contributed by atoms with Crippen LogP contribution in [0.25, 0.3) is 11.1 Å². The Hall–Kier alpha value is -2.82. The maximum atomic E-state index is 12.4. The zero-order valence-electron chi connectivity index (χ0n) is 15.8. The fourth-order valence-electron chi connectivity index (χ4n) is 4.67. The maximum Gasteiger partial charge on any atom is 0.407 e. The van der Waals surface area contributed by atoms with Gasteiger partial charge in [0.2, 0.25) is 0 Å². The van der Waals surface area contributed by atoms with E-state index in [0.717, 1.165) is 19.3 Å². The van der Waals surface area contributed by atoms with Crippen LogP contribution in [0.1, 0.15) is 49.1 Å². The number of carbonyl (C=O) groups excluding carboxylic acids is 1. The molecule has 2 aliphatic rings. The summed E-state index contributed by atoms with van der Waals surface area (Å²) in [6, 6.07) is 16.5. The average Bonchev–Trinajstić information content (AvgIpc) is 3.27. The molecule has 2 aromatic carbocycles. The molecule has 1 amide bonds. The van der Waals surface area contributed by atoms with Crippen LogP contribution < -0.4 is 5.32 Å². The Kier molecular flexibility index (Phi) is 5.33. The molecule has 0 unspecified atom stereocenters. The summed E-state index contributed by atoms with van der Waals surface area (Å²) >= 11 is 0. The Balaban J connectivity index is 1.38. The summed E-state index contributed by atoms with van der Waals surface area (Å²) in [6.07, 6.45) is 3.19. The van der Waals surface area contributed by atoms with Crippen LogP contribution in [0.2, 0.25) is 0 Å². The molecule has 2 aromatic rings. The van der Waals surface area contributed by atoms with Gasteiger partial charge in [-0.05, 0) is 47.4 Å². The van der Waals surface area contributed by atoms with Crippen molar-refractivity contribution in [3.63, 3.8) is 0 Å². The van der Waals surface area contributed by atoms with E-state index in [1.807, 2.05) is 24.3 Å². The van der Waals surface area contributed by atoms with E-state index in [2.05, 4.69) is 29.6 Å². The van der Waals surface area contributed by atoms with Gasteiger partial charge in [-0.25, -0.2) is 4.79 Å². The summed E-state index contributed by atoms with van der Waals surface area (Å²) in [4.78, 5) is 23.2. The molecule has 146 valence electrons. The molecular weight excluding hydrogens is 354 g/mol. The van der Waals surface area contributed by atoms with Gasteiger partial charge < -0.3 is 15.2 Å². The van der Waals surface area contributed by atoms with E-state index in [0.29, 0.717) is 13.0 Å². The van der Waals surface area contributed by atoms with Crippen molar-refractivity contribution in [1.29, 1.82) is 0 Å². The van der Waals surface area contributed by atoms with Crippen molar-refractivity contribution in [2.45, 2.75) is 44.1 Å². The fraction of sp³-hybridized carbons (Fsp3) is 0.391.